The van der Waals surface area contributed by atoms with Gasteiger partial charge >= 0.3 is 0 Å². The first kappa shape index (κ1) is 15.3. The molecule has 0 aliphatic carbocycles. The average molecular weight is 312 g/mol. The number of amides is 2. The number of nitrogens with one attached hydrogen (secondary N) is 1. The molecule has 2 heterocycles. The molecule has 5 heteroatoms. The first-order valence-corrected chi connectivity index (χ1v) is 7.92. The monoisotopic (exact) mass is 312 g/mol. The lowest BCUT2D eigenvalue weighted by molar-refractivity contribution is -0.128. The Bertz CT molecular complexity index is 721. The van der Waals surface area contributed by atoms with Crippen LogP contribution in [0, 0.1) is 0 Å². The van der Waals surface area contributed by atoms with Crippen molar-refractivity contribution in [1.82, 2.24) is 4.90 Å². The van der Waals surface area contributed by atoms with Gasteiger partial charge in [-0.3, -0.25) is 9.59 Å². The zero-order valence-corrected chi connectivity index (χ0v) is 13.2. The van der Waals surface area contributed by atoms with Gasteiger partial charge in [-0.2, -0.15) is 0 Å². The summed E-state index contributed by atoms with van der Waals surface area (Å²) >= 11 is 0. The van der Waals surface area contributed by atoms with Crippen molar-refractivity contribution in [1.29, 1.82) is 0 Å². The molecule has 120 valence electrons. The molecular formula is C18H20N2O3. The number of hydrogen-bond acceptors (Lipinski definition) is 3. The molecule has 0 spiro atoms. The molecule has 0 bridgehead atoms. The highest BCUT2D eigenvalue weighted by molar-refractivity contribution is 6.02. The van der Waals surface area contributed by atoms with E-state index in [1.165, 1.54) is 0 Å². The molecule has 2 amide bonds. The quantitative estimate of drug-likeness (QED) is 0.922. The molecule has 23 heavy (non-hydrogen) atoms. The van der Waals surface area contributed by atoms with E-state index in [2.05, 4.69) is 5.32 Å². The van der Waals surface area contributed by atoms with Gasteiger partial charge in [0.15, 0.2) is 5.76 Å². The van der Waals surface area contributed by atoms with E-state index in [0.717, 1.165) is 30.7 Å². The van der Waals surface area contributed by atoms with Gasteiger partial charge in [-0.15, -0.1) is 0 Å². The van der Waals surface area contributed by atoms with Crippen molar-refractivity contribution in [3.63, 3.8) is 0 Å². The van der Waals surface area contributed by atoms with E-state index in [-0.39, 0.29) is 11.8 Å². The van der Waals surface area contributed by atoms with Crippen LogP contribution in [0.5, 0.6) is 0 Å². The molecule has 1 aromatic carbocycles. The lowest BCUT2D eigenvalue weighted by atomic mass is 10.2. The van der Waals surface area contributed by atoms with Crippen molar-refractivity contribution in [2.75, 3.05) is 11.9 Å². The highest BCUT2D eigenvalue weighted by Gasteiger charge is 2.20. The van der Waals surface area contributed by atoms with E-state index in [9.17, 15) is 9.59 Å². The molecule has 1 fully saturated rings. The number of anilines is 1. The minimum absolute atomic E-state index is 0.196. The molecular weight excluding hydrogens is 292 g/mol. The average Bonchev–Trinajstić information content (AvgIpc) is 3.17. The van der Waals surface area contributed by atoms with Crippen molar-refractivity contribution in [3.05, 3.63) is 53.5 Å². The summed E-state index contributed by atoms with van der Waals surface area (Å²) in [4.78, 5) is 25.7. The number of hydrogen-bond donors (Lipinski definition) is 1. The van der Waals surface area contributed by atoms with Gasteiger partial charge in [-0.25, -0.2) is 0 Å². The minimum Gasteiger partial charge on any atom is -0.456 e. The summed E-state index contributed by atoms with van der Waals surface area (Å²) in [6, 6.07) is 11.1. The Hall–Kier alpha value is -2.56. The van der Waals surface area contributed by atoms with Gasteiger partial charge in [0.05, 0.1) is 0 Å². The van der Waals surface area contributed by atoms with Crippen molar-refractivity contribution in [2.24, 2.45) is 0 Å². The molecule has 5 nitrogen and oxygen atoms in total. The molecule has 2 aromatic rings. The van der Waals surface area contributed by atoms with E-state index < -0.39 is 0 Å². The number of rotatable bonds is 5. The molecule has 1 aromatic heterocycles. The second-order valence-electron chi connectivity index (χ2n) is 5.69. The molecule has 0 atom stereocenters. The number of nitrogens with zero attached hydrogens (tertiary/aromatic N) is 1. The van der Waals surface area contributed by atoms with Gasteiger partial charge in [0, 0.05) is 31.6 Å². The van der Waals surface area contributed by atoms with Crippen LogP contribution in [-0.4, -0.2) is 23.3 Å². The normalized spacial score (nSPS) is 14.3. The third-order valence-corrected chi connectivity index (χ3v) is 3.96. The highest BCUT2D eigenvalue weighted by atomic mass is 16.3. The molecule has 1 aliphatic rings. The summed E-state index contributed by atoms with van der Waals surface area (Å²) in [5.41, 5.74) is 1.71. The van der Waals surface area contributed by atoms with Crippen molar-refractivity contribution < 1.29 is 14.0 Å². The molecule has 1 N–H and O–H groups in total. The van der Waals surface area contributed by atoms with Gasteiger partial charge in [0.1, 0.15) is 5.76 Å². The largest absolute Gasteiger partial charge is 0.456 e. The Morgan fingerprint density at radius 1 is 1.30 bits per heavy atom. The maximum atomic E-state index is 12.2. The van der Waals surface area contributed by atoms with Crippen LogP contribution in [-0.2, 0) is 17.8 Å². The minimum atomic E-state index is -0.265. The summed E-state index contributed by atoms with van der Waals surface area (Å²) in [6.45, 7) is 3.37. The molecule has 0 radical (unpaired) electrons. The third-order valence-electron chi connectivity index (χ3n) is 3.96. The first-order chi connectivity index (χ1) is 11.2. The fourth-order valence-electron chi connectivity index (χ4n) is 2.72. The topological polar surface area (TPSA) is 62.6 Å². The number of carbonyl (C=O) groups excluding carboxylic acids is 2. The number of aryl methyl sites for hydroxylation is 1. The Morgan fingerprint density at radius 2 is 2.17 bits per heavy atom. The Morgan fingerprint density at radius 3 is 2.87 bits per heavy atom. The summed E-state index contributed by atoms with van der Waals surface area (Å²) in [7, 11) is 0. The number of benzene rings is 1. The van der Waals surface area contributed by atoms with Crippen molar-refractivity contribution in [3.8, 4) is 0 Å². The van der Waals surface area contributed by atoms with Crippen LogP contribution in [0.2, 0.25) is 0 Å². The summed E-state index contributed by atoms with van der Waals surface area (Å²) in [5, 5.41) is 2.84. The van der Waals surface area contributed by atoms with Crippen LogP contribution in [0.3, 0.4) is 0 Å². The summed E-state index contributed by atoms with van der Waals surface area (Å²) < 4.78 is 5.45. The maximum Gasteiger partial charge on any atom is 0.291 e. The zero-order chi connectivity index (χ0) is 16.2. The Labute approximate surface area is 135 Å². The van der Waals surface area contributed by atoms with Crippen LogP contribution in [0.25, 0.3) is 0 Å². The van der Waals surface area contributed by atoms with Crippen LogP contribution in [0.15, 0.2) is 40.8 Å². The zero-order valence-electron chi connectivity index (χ0n) is 13.2. The third kappa shape index (κ3) is 3.62. The van der Waals surface area contributed by atoms with Crippen LogP contribution < -0.4 is 5.32 Å². The van der Waals surface area contributed by atoms with Gasteiger partial charge < -0.3 is 14.6 Å². The smallest absolute Gasteiger partial charge is 0.291 e. The van der Waals surface area contributed by atoms with E-state index in [4.69, 9.17) is 4.42 Å². The van der Waals surface area contributed by atoms with Gasteiger partial charge in [0.25, 0.3) is 5.91 Å². The fraction of sp³-hybridized carbons (Fsp3) is 0.333. The number of carbonyl (C=O) groups is 2. The van der Waals surface area contributed by atoms with Crippen LogP contribution in [0.4, 0.5) is 5.69 Å². The lowest BCUT2D eigenvalue weighted by Crippen LogP contribution is -2.23. The molecule has 0 unspecified atom stereocenters. The first-order valence-electron chi connectivity index (χ1n) is 7.92. The molecule has 1 aliphatic heterocycles. The Kier molecular flexibility index (Phi) is 4.46. The fourth-order valence-corrected chi connectivity index (χ4v) is 2.72. The van der Waals surface area contributed by atoms with E-state index in [1.807, 2.05) is 42.2 Å². The van der Waals surface area contributed by atoms with Crippen molar-refractivity contribution >= 4 is 17.5 Å². The SMILES string of the molecule is CCc1ccc(C(=O)Nc2cccc(CN3CCCC3=O)c2)o1. The second-order valence-corrected chi connectivity index (χ2v) is 5.69. The molecule has 1 saturated heterocycles. The maximum absolute atomic E-state index is 12.2. The summed E-state index contributed by atoms with van der Waals surface area (Å²) in [5.74, 6) is 1.03. The number of likely N-dealkylation sites (tertiary alicyclic amines) is 1. The predicted molar refractivity (Wildman–Crippen MR) is 87.1 cm³/mol. The second kappa shape index (κ2) is 6.69. The number of furan rings is 1. The molecule has 3 rings (SSSR count). The standard InChI is InChI=1S/C18H20N2O3/c1-2-15-8-9-16(23-15)18(22)19-14-6-3-5-13(11-14)12-20-10-4-7-17(20)21/h3,5-6,8-9,11H,2,4,7,10,12H2,1H3,(H,19,22). The highest BCUT2D eigenvalue weighted by Crippen LogP contribution is 2.18. The predicted octanol–water partition coefficient (Wildman–Crippen LogP) is 3.22. The summed E-state index contributed by atoms with van der Waals surface area (Å²) in [6.07, 6.45) is 2.31. The van der Waals surface area contributed by atoms with Crippen molar-refractivity contribution in [2.45, 2.75) is 32.7 Å². The van der Waals surface area contributed by atoms with E-state index >= 15 is 0 Å². The van der Waals surface area contributed by atoms with E-state index in [0.29, 0.717) is 24.4 Å². The van der Waals surface area contributed by atoms with Crippen LogP contribution in [0.1, 0.15) is 41.6 Å². The Balaban J connectivity index is 1.67. The van der Waals surface area contributed by atoms with Gasteiger partial charge in [0.2, 0.25) is 5.91 Å². The molecule has 0 saturated carbocycles. The van der Waals surface area contributed by atoms with Gasteiger partial charge in [-0.1, -0.05) is 19.1 Å². The lowest BCUT2D eigenvalue weighted by Gasteiger charge is -2.16. The van der Waals surface area contributed by atoms with E-state index in [1.54, 1.807) is 6.07 Å². The van der Waals surface area contributed by atoms with Crippen LogP contribution >= 0.6 is 0 Å². The van der Waals surface area contributed by atoms with Gasteiger partial charge in [-0.05, 0) is 36.2 Å².